The van der Waals surface area contributed by atoms with Gasteiger partial charge in [0.2, 0.25) is 5.89 Å². The second kappa shape index (κ2) is 6.26. The lowest BCUT2D eigenvalue weighted by molar-refractivity contribution is -0.123. The highest BCUT2D eigenvalue weighted by atomic mass is 19.1. The van der Waals surface area contributed by atoms with Crippen LogP contribution in [0.15, 0.2) is 52.9 Å². The summed E-state index contributed by atoms with van der Waals surface area (Å²) in [5.41, 5.74) is 1.42. The molecule has 0 aliphatic heterocycles. The van der Waals surface area contributed by atoms with E-state index in [-0.39, 0.29) is 24.9 Å². The van der Waals surface area contributed by atoms with Gasteiger partial charge >= 0.3 is 0 Å². The Balaban J connectivity index is 1.50. The number of hydrogen-bond donors (Lipinski definition) is 1. The van der Waals surface area contributed by atoms with Crippen LogP contribution in [-0.4, -0.2) is 17.5 Å². The monoisotopic (exact) mass is 300 g/mol. The van der Waals surface area contributed by atoms with Crippen LogP contribution in [0.25, 0.3) is 11.1 Å². The number of rotatable bonds is 5. The van der Waals surface area contributed by atoms with Crippen LogP contribution in [0, 0.1) is 5.82 Å². The molecule has 112 valence electrons. The summed E-state index contributed by atoms with van der Waals surface area (Å²) in [6.07, 6.45) is 0. The zero-order valence-corrected chi connectivity index (χ0v) is 11.6. The second-order valence-electron chi connectivity index (χ2n) is 4.59. The fourth-order valence-corrected chi connectivity index (χ4v) is 1.90. The quantitative estimate of drug-likeness (QED) is 0.787. The van der Waals surface area contributed by atoms with E-state index in [1.54, 1.807) is 0 Å². The van der Waals surface area contributed by atoms with Crippen LogP contribution in [0.1, 0.15) is 5.89 Å². The van der Waals surface area contributed by atoms with Crippen LogP contribution in [-0.2, 0) is 11.3 Å². The maximum atomic E-state index is 12.7. The van der Waals surface area contributed by atoms with Crippen molar-refractivity contribution in [2.75, 3.05) is 6.61 Å². The van der Waals surface area contributed by atoms with Crippen molar-refractivity contribution in [2.24, 2.45) is 0 Å². The third kappa shape index (κ3) is 3.41. The first-order valence-corrected chi connectivity index (χ1v) is 6.70. The molecule has 1 aromatic heterocycles. The number of aromatic nitrogens is 1. The smallest absolute Gasteiger partial charge is 0.258 e. The molecule has 0 spiro atoms. The number of carbonyl (C=O) groups excluding carboxylic acids is 1. The highest BCUT2D eigenvalue weighted by Crippen LogP contribution is 2.14. The Morgan fingerprint density at radius 1 is 1.18 bits per heavy atom. The molecule has 22 heavy (non-hydrogen) atoms. The average molecular weight is 300 g/mol. The maximum Gasteiger partial charge on any atom is 0.258 e. The van der Waals surface area contributed by atoms with Crippen molar-refractivity contribution >= 4 is 17.0 Å². The molecule has 0 bridgehead atoms. The van der Waals surface area contributed by atoms with Gasteiger partial charge in [-0.05, 0) is 36.4 Å². The Labute approximate surface area is 125 Å². The number of nitrogens with zero attached hydrogens (tertiary/aromatic N) is 1. The molecule has 6 heteroatoms. The molecular weight excluding hydrogens is 287 g/mol. The normalized spacial score (nSPS) is 10.6. The fraction of sp³-hybridized carbons (Fsp3) is 0.125. The maximum absolute atomic E-state index is 12.7. The van der Waals surface area contributed by atoms with Crippen LogP contribution in [0.5, 0.6) is 5.75 Å². The van der Waals surface area contributed by atoms with Gasteiger partial charge < -0.3 is 14.5 Å². The lowest BCUT2D eigenvalue weighted by Gasteiger charge is -2.06. The minimum Gasteiger partial charge on any atom is -0.484 e. The Bertz CT molecular complexity index is 750. The Morgan fingerprint density at radius 3 is 2.73 bits per heavy atom. The van der Waals surface area contributed by atoms with Crippen LogP contribution in [0.2, 0.25) is 0 Å². The van der Waals surface area contributed by atoms with Crippen LogP contribution >= 0.6 is 0 Å². The minimum atomic E-state index is -0.354. The van der Waals surface area contributed by atoms with Crippen molar-refractivity contribution in [3.8, 4) is 5.75 Å². The Morgan fingerprint density at radius 2 is 1.95 bits per heavy atom. The van der Waals surface area contributed by atoms with Gasteiger partial charge in [-0.15, -0.1) is 0 Å². The molecule has 0 unspecified atom stereocenters. The lowest BCUT2D eigenvalue weighted by atomic mass is 10.3. The van der Waals surface area contributed by atoms with Crippen molar-refractivity contribution in [2.45, 2.75) is 6.54 Å². The Kier molecular flexibility index (Phi) is 4.00. The number of oxazole rings is 1. The predicted octanol–water partition coefficient (Wildman–Crippen LogP) is 2.66. The van der Waals surface area contributed by atoms with Crippen molar-refractivity contribution < 1.29 is 18.3 Å². The number of para-hydroxylation sites is 2. The number of ether oxygens (including phenoxy) is 1. The van der Waals surface area contributed by atoms with Gasteiger partial charge in [-0.2, -0.15) is 0 Å². The van der Waals surface area contributed by atoms with E-state index >= 15 is 0 Å². The first-order chi connectivity index (χ1) is 10.7. The van der Waals surface area contributed by atoms with E-state index in [1.807, 2.05) is 24.3 Å². The van der Waals surface area contributed by atoms with Gasteiger partial charge in [-0.3, -0.25) is 4.79 Å². The number of benzene rings is 2. The molecule has 3 aromatic rings. The third-order valence-corrected chi connectivity index (χ3v) is 2.96. The summed E-state index contributed by atoms with van der Waals surface area (Å²) in [7, 11) is 0. The zero-order valence-electron chi connectivity index (χ0n) is 11.6. The standard InChI is InChI=1S/C16H13FN2O3/c17-11-5-7-12(8-6-11)21-10-15(20)18-9-16-19-13-3-1-2-4-14(13)22-16/h1-8H,9-10H2,(H,18,20). The highest BCUT2D eigenvalue weighted by Gasteiger charge is 2.07. The molecule has 1 heterocycles. The van der Waals surface area contributed by atoms with Crippen LogP contribution in [0.4, 0.5) is 4.39 Å². The summed E-state index contributed by atoms with van der Waals surface area (Å²) in [6.45, 7) is 0.0200. The van der Waals surface area contributed by atoms with Gasteiger partial charge in [0.15, 0.2) is 12.2 Å². The van der Waals surface area contributed by atoms with Gasteiger partial charge in [-0.25, -0.2) is 9.37 Å². The minimum absolute atomic E-state index is 0.161. The van der Waals surface area contributed by atoms with Crippen molar-refractivity contribution in [3.63, 3.8) is 0 Å². The molecule has 2 aromatic carbocycles. The topological polar surface area (TPSA) is 64.4 Å². The molecule has 0 fully saturated rings. The Hall–Kier alpha value is -2.89. The van der Waals surface area contributed by atoms with Crippen molar-refractivity contribution in [1.29, 1.82) is 0 Å². The number of hydrogen-bond acceptors (Lipinski definition) is 4. The fourth-order valence-electron chi connectivity index (χ4n) is 1.90. The van der Waals surface area contributed by atoms with Crippen molar-refractivity contribution in [1.82, 2.24) is 10.3 Å². The molecule has 5 nitrogen and oxygen atoms in total. The number of fused-ring (bicyclic) bond motifs is 1. The SMILES string of the molecule is O=C(COc1ccc(F)cc1)NCc1nc2ccccc2o1. The summed E-state index contributed by atoms with van der Waals surface area (Å²) in [4.78, 5) is 15.9. The molecule has 0 aliphatic carbocycles. The van der Waals surface area contributed by atoms with E-state index in [1.165, 1.54) is 24.3 Å². The van der Waals surface area contributed by atoms with Crippen LogP contribution < -0.4 is 10.1 Å². The number of carbonyl (C=O) groups is 1. The second-order valence-corrected chi connectivity index (χ2v) is 4.59. The lowest BCUT2D eigenvalue weighted by Crippen LogP contribution is -2.28. The number of amides is 1. The van der Waals surface area contributed by atoms with E-state index in [0.29, 0.717) is 17.2 Å². The summed E-state index contributed by atoms with van der Waals surface area (Å²) in [6, 6.07) is 12.8. The molecule has 3 rings (SSSR count). The van der Waals surface area contributed by atoms with Gasteiger partial charge in [0, 0.05) is 0 Å². The van der Waals surface area contributed by atoms with E-state index in [0.717, 1.165) is 5.52 Å². The molecular formula is C16H13FN2O3. The zero-order chi connectivity index (χ0) is 15.4. The van der Waals surface area contributed by atoms with E-state index in [9.17, 15) is 9.18 Å². The van der Waals surface area contributed by atoms with E-state index in [4.69, 9.17) is 9.15 Å². The summed E-state index contributed by atoms with van der Waals surface area (Å²) in [5, 5.41) is 2.65. The van der Waals surface area contributed by atoms with Crippen molar-refractivity contribution in [3.05, 3.63) is 60.2 Å². The number of halogens is 1. The summed E-state index contributed by atoms with van der Waals surface area (Å²) < 4.78 is 23.5. The summed E-state index contributed by atoms with van der Waals surface area (Å²) >= 11 is 0. The molecule has 0 saturated heterocycles. The highest BCUT2D eigenvalue weighted by molar-refractivity contribution is 5.77. The first kappa shape index (κ1) is 14.1. The average Bonchev–Trinajstić information content (AvgIpc) is 2.95. The molecule has 0 atom stereocenters. The molecule has 1 amide bonds. The molecule has 0 aliphatic rings. The third-order valence-electron chi connectivity index (χ3n) is 2.96. The first-order valence-electron chi connectivity index (χ1n) is 6.70. The predicted molar refractivity (Wildman–Crippen MR) is 77.8 cm³/mol. The van der Waals surface area contributed by atoms with Gasteiger partial charge in [0.05, 0.1) is 6.54 Å². The largest absolute Gasteiger partial charge is 0.484 e. The molecule has 0 radical (unpaired) electrons. The van der Waals surface area contributed by atoms with Gasteiger partial charge in [0.1, 0.15) is 17.1 Å². The van der Waals surface area contributed by atoms with Gasteiger partial charge in [-0.1, -0.05) is 12.1 Å². The van der Waals surface area contributed by atoms with Gasteiger partial charge in [0.25, 0.3) is 5.91 Å². The van der Waals surface area contributed by atoms with E-state index < -0.39 is 0 Å². The number of nitrogens with one attached hydrogen (secondary N) is 1. The summed E-state index contributed by atoms with van der Waals surface area (Å²) in [5.74, 6) is 0.189. The van der Waals surface area contributed by atoms with E-state index in [2.05, 4.69) is 10.3 Å². The molecule has 1 N–H and O–H groups in total. The molecule has 0 saturated carbocycles. The van der Waals surface area contributed by atoms with Crippen LogP contribution in [0.3, 0.4) is 0 Å².